The molecule has 2 aromatic carbocycles. The Morgan fingerprint density at radius 1 is 0.520 bits per heavy atom. The number of hydrogen-bond acceptors (Lipinski definition) is 11. The van der Waals surface area contributed by atoms with Gasteiger partial charge >= 0.3 is 30.4 Å². The van der Waals surface area contributed by atoms with Crippen molar-refractivity contribution < 1.29 is 52.6 Å². The van der Waals surface area contributed by atoms with Crippen LogP contribution in [0.3, 0.4) is 0 Å². The van der Waals surface area contributed by atoms with Gasteiger partial charge in [0.05, 0.1) is 10.8 Å². The maximum Gasteiger partial charge on any atom is 0.373 e. The van der Waals surface area contributed by atoms with Crippen LogP contribution in [0.15, 0.2) is 24.3 Å². The first-order valence-corrected chi connectivity index (χ1v) is 15.7. The monoisotopic (exact) mass is 696 g/mol. The minimum atomic E-state index is -0.765. The lowest BCUT2D eigenvalue weighted by Crippen LogP contribution is -2.30. The Morgan fingerprint density at radius 2 is 0.840 bits per heavy atom. The first kappa shape index (κ1) is 47.3. The van der Waals surface area contributed by atoms with E-state index in [0.717, 1.165) is 11.1 Å². The van der Waals surface area contributed by atoms with Gasteiger partial charge in [0.2, 0.25) is 0 Å². The Labute approximate surface area is 295 Å². The van der Waals surface area contributed by atoms with Crippen LogP contribution < -0.4 is 9.47 Å². The number of rotatable bonds is 4. The van der Waals surface area contributed by atoms with Crippen molar-refractivity contribution in [1.82, 2.24) is 0 Å². The van der Waals surface area contributed by atoms with Crippen molar-refractivity contribution in [2.24, 2.45) is 10.8 Å². The van der Waals surface area contributed by atoms with E-state index in [2.05, 4.69) is 68.4 Å². The molecule has 0 amide bonds. The summed E-state index contributed by atoms with van der Waals surface area (Å²) in [6, 6.07) is 7.17. The molecule has 0 N–H and O–H groups in total. The molecule has 0 atom stereocenters. The highest BCUT2D eigenvalue weighted by atomic mass is 16.5. The van der Waals surface area contributed by atoms with E-state index in [4.69, 9.17) is 38.2 Å². The van der Waals surface area contributed by atoms with Gasteiger partial charge in [-0.1, -0.05) is 74.4 Å². The van der Waals surface area contributed by atoms with Crippen LogP contribution in [0.4, 0.5) is 0 Å². The number of carbonyl (C=O) groups excluding carboxylic acids is 9. The highest BCUT2D eigenvalue weighted by Gasteiger charge is 2.36. The maximum absolute atomic E-state index is 14.5. The summed E-state index contributed by atoms with van der Waals surface area (Å²) in [4.78, 5) is 89.0. The predicted octanol–water partition coefficient (Wildman–Crippen LogP) is 7.27. The van der Waals surface area contributed by atoms with E-state index in [1.807, 2.05) is 6.07 Å². The average Bonchev–Trinajstić information content (AvgIpc) is 2.92. The third-order valence-electron chi connectivity index (χ3n) is 6.96. The minimum absolute atomic E-state index is 0.128. The van der Waals surface area contributed by atoms with Crippen molar-refractivity contribution in [3.8, 4) is 11.5 Å². The molecule has 0 aliphatic carbocycles. The van der Waals surface area contributed by atoms with Crippen LogP contribution in [0, 0.1) is 17.8 Å². The fourth-order valence-corrected chi connectivity index (χ4v) is 4.64. The number of hydrogen-bond donors (Lipinski definition) is 0. The predicted molar refractivity (Wildman–Crippen MR) is 182 cm³/mol. The Bertz CT molecular complexity index is 1550. The molecule has 0 saturated heterocycles. The fraction of sp³-hybridized carbons (Fsp3) is 0.538. The second-order valence-corrected chi connectivity index (χ2v) is 16.6. The molecule has 0 bridgehead atoms. The summed E-state index contributed by atoms with van der Waals surface area (Å²) in [5, 5.41) is 0. The molecule has 50 heavy (non-hydrogen) atoms. The van der Waals surface area contributed by atoms with Gasteiger partial charge in [-0.3, -0.25) is 14.4 Å². The number of ether oxygens (including phenoxy) is 2. The van der Waals surface area contributed by atoms with E-state index >= 15 is 0 Å². The van der Waals surface area contributed by atoms with Crippen LogP contribution in [0.1, 0.15) is 142 Å². The zero-order valence-corrected chi connectivity index (χ0v) is 32.3. The second kappa shape index (κ2) is 18.3. The van der Waals surface area contributed by atoms with Gasteiger partial charge in [-0.05, 0) is 93.5 Å². The van der Waals surface area contributed by atoms with Gasteiger partial charge in [-0.25, -0.2) is 0 Å². The van der Waals surface area contributed by atoms with Crippen LogP contribution in [-0.2, 0) is 54.6 Å². The summed E-state index contributed by atoms with van der Waals surface area (Å²) in [5.74, 6) is -0.710. The normalized spacial score (nSPS) is 11.3. The quantitative estimate of drug-likeness (QED) is 0.179. The molecule has 0 aliphatic heterocycles. The van der Waals surface area contributed by atoms with Gasteiger partial charge in [-0.15, -0.1) is 0 Å². The molecule has 0 radical (unpaired) electrons. The Hall–Kier alpha value is -4.81. The first-order chi connectivity index (χ1) is 22.4. The van der Waals surface area contributed by atoms with Gasteiger partial charge in [0.15, 0.2) is 5.78 Å². The summed E-state index contributed by atoms with van der Waals surface area (Å²) in [6.07, 6.45) is 0.750. The summed E-state index contributed by atoms with van der Waals surface area (Å²) in [5.41, 5.74) is 2.48. The molecule has 11 nitrogen and oxygen atoms in total. The molecule has 0 unspecified atom stereocenters. The molecule has 0 aliphatic rings. The molecule has 0 saturated carbocycles. The SMILES string of the molecule is Cc1c(OC(=O)C(C)(C)C)cc(C(=O)c2ccc(C(C)(C)C)c(C(C)(C)C)c2C(C)(C)C)cc1OC(=O)C(C)(C)C.O=C=O.O=C=O.O=C=O. The Balaban J connectivity index is 0. The van der Waals surface area contributed by atoms with Crippen molar-refractivity contribution >= 4 is 36.2 Å². The molecule has 2 aromatic rings. The van der Waals surface area contributed by atoms with E-state index in [1.54, 1.807) is 60.6 Å². The third kappa shape index (κ3) is 14.0. The maximum atomic E-state index is 14.5. The van der Waals surface area contributed by atoms with Gasteiger partial charge in [-0.2, -0.15) is 28.8 Å². The van der Waals surface area contributed by atoms with Crippen LogP contribution in [0.5, 0.6) is 11.5 Å². The van der Waals surface area contributed by atoms with Crippen molar-refractivity contribution in [3.63, 3.8) is 0 Å². The van der Waals surface area contributed by atoms with Crippen LogP contribution in [-0.4, -0.2) is 36.2 Å². The highest BCUT2D eigenvalue weighted by Crippen LogP contribution is 2.43. The van der Waals surface area contributed by atoms with Gasteiger partial charge < -0.3 is 9.47 Å². The second-order valence-electron chi connectivity index (χ2n) is 16.6. The van der Waals surface area contributed by atoms with E-state index in [-0.39, 0.29) is 57.5 Å². The van der Waals surface area contributed by atoms with Crippen LogP contribution >= 0.6 is 0 Å². The van der Waals surface area contributed by atoms with Crippen molar-refractivity contribution in [2.75, 3.05) is 0 Å². The lowest BCUT2D eigenvalue weighted by atomic mass is 9.66. The van der Waals surface area contributed by atoms with Crippen molar-refractivity contribution in [1.29, 1.82) is 0 Å². The van der Waals surface area contributed by atoms with Gasteiger partial charge in [0, 0.05) is 16.7 Å². The number of carbonyl (C=O) groups is 3. The fourth-order valence-electron chi connectivity index (χ4n) is 4.64. The van der Waals surface area contributed by atoms with Crippen molar-refractivity contribution in [2.45, 2.75) is 127 Å². The van der Waals surface area contributed by atoms with Crippen molar-refractivity contribution in [3.05, 3.63) is 57.6 Å². The first-order valence-electron chi connectivity index (χ1n) is 15.7. The molecule has 274 valence electrons. The zero-order chi connectivity index (χ0) is 40.2. The lowest BCUT2D eigenvalue weighted by molar-refractivity contribution is -0.193. The molecular weight excluding hydrogens is 644 g/mol. The van der Waals surface area contributed by atoms with E-state index < -0.39 is 22.8 Å². The topological polar surface area (TPSA) is 172 Å². The Morgan fingerprint density at radius 3 is 1.10 bits per heavy atom. The lowest BCUT2D eigenvalue weighted by Gasteiger charge is -2.37. The smallest absolute Gasteiger partial charge is 0.373 e. The molecular formula is C39H52O11. The number of esters is 2. The van der Waals surface area contributed by atoms with Crippen LogP contribution in [0.25, 0.3) is 0 Å². The molecule has 11 heteroatoms. The highest BCUT2D eigenvalue weighted by molar-refractivity contribution is 6.11. The van der Waals surface area contributed by atoms with E-state index in [1.165, 1.54) is 5.56 Å². The summed E-state index contributed by atoms with van der Waals surface area (Å²) in [6.45, 7) is 31.8. The van der Waals surface area contributed by atoms with Gasteiger partial charge in [0.1, 0.15) is 11.5 Å². The molecule has 2 rings (SSSR count). The summed E-state index contributed by atoms with van der Waals surface area (Å²) in [7, 11) is 0. The number of benzene rings is 2. The molecule has 0 fully saturated rings. The molecule has 0 heterocycles. The largest absolute Gasteiger partial charge is 0.426 e. The van der Waals surface area contributed by atoms with E-state index in [9.17, 15) is 14.4 Å². The number of ketones is 1. The summed E-state index contributed by atoms with van der Waals surface area (Å²) >= 11 is 0. The minimum Gasteiger partial charge on any atom is -0.426 e. The third-order valence-corrected chi connectivity index (χ3v) is 6.96. The average molecular weight is 697 g/mol. The molecule has 0 spiro atoms. The zero-order valence-electron chi connectivity index (χ0n) is 32.3. The molecule has 0 aromatic heterocycles. The van der Waals surface area contributed by atoms with Crippen LogP contribution in [0.2, 0.25) is 0 Å². The standard InChI is InChI=1S/C36H52O5.3CO2/c1-21-25(40-30(38)35(11,12)13)19-22(20-26(21)41-31(39)36(14,15)16)29(37)23-17-18-24(32(2,3)4)28(34(8,9)10)27(23)33(5,6)7;3*2-1-3/h17-20H,1-16H3;;;. The van der Waals surface area contributed by atoms with E-state index in [0.29, 0.717) is 11.1 Å². The Kier molecular flexibility index (Phi) is 17.3. The summed E-state index contributed by atoms with van der Waals surface area (Å²) < 4.78 is 11.6. The van der Waals surface area contributed by atoms with Gasteiger partial charge in [0.25, 0.3) is 0 Å².